The molecule has 1 aliphatic heterocycles. The van der Waals surface area contributed by atoms with E-state index in [-0.39, 0.29) is 17.8 Å². The Hall–Kier alpha value is -2.51. The Morgan fingerprint density at radius 2 is 2.11 bits per heavy atom. The number of hydrogen-bond acceptors (Lipinski definition) is 4. The zero-order valence-corrected chi connectivity index (χ0v) is 16.0. The van der Waals surface area contributed by atoms with Crippen LogP contribution in [-0.2, 0) is 0 Å². The average Bonchev–Trinajstić information content (AvgIpc) is 3.18. The van der Waals surface area contributed by atoms with Crippen LogP contribution in [0.5, 0.6) is 5.75 Å². The van der Waals surface area contributed by atoms with Crippen molar-refractivity contribution in [3.8, 4) is 5.75 Å². The van der Waals surface area contributed by atoms with Gasteiger partial charge in [0.25, 0.3) is 0 Å². The molecule has 5 nitrogen and oxygen atoms in total. The van der Waals surface area contributed by atoms with Gasteiger partial charge in [-0.05, 0) is 44.8 Å². The summed E-state index contributed by atoms with van der Waals surface area (Å²) in [5.74, 6) is 0.801. The molecule has 0 saturated heterocycles. The van der Waals surface area contributed by atoms with Crippen molar-refractivity contribution in [2.75, 3.05) is 14.1 Å². The van der Waals surface area contributed by atoms with Crippen LogP contribution in [0.2, 0.25) is 5.02 Å². The van der Waals surface area contributed by atoms with Gasteiger partial charge in [-0.15, -0.1) is 0 Å². The van der Waals surface area contributed by atoms with Gasteiger partial charge >= 0.3 is 6.61 Å². The van der Waals surface area contributed by atoms with Gasteiger partial charge in [-0.3, -0.25) is 9.69 Å². The van der Waals surface area contributed by atoms with E-state index in [0.29, 0.717) is 28.9 Å². The molecule has 0 bridgehead atoms. The fourth-order valence-corrected chi connectivity index (χ4v) is 4.14. The fraction of sp³-hybridized carbons (Fsp3) is 0.300. The highest BCUT2D eigenvalue weighted by Crippen LogP contribution is 2.46. The van der Waals surface area contributed by atoms with E-state index in [4.69, 9.17) is 21.3 Å². The first-order valence-electron chi connectivity index (χ1n) is 8.77. The molecule has 1 aromatic heterocycles. The lowest BCUT2D eigenvalue weighted by molar-refractivity contribution is -0.0507. The highest BCUT2D eigenvalue weighted by atomic mass is 35.5. The SMILES string of the molecule is CN(C)C1C[C@H](c2c(C=O)cccc2OC(F)F)n2c1nc1ccc(Cl)cc12. The van der Waals surface area contributed by atoms with Gasteiger partial charge in [-0.1, -0.05) is 23.7 Å². The number of benzene rings is 2. The van der Waals surface area contributed by atoms with Gasteiger partial charge in [-0.25, -0.2) is 4.98 Å². The molecule has 0 N–H and O–H groups in total. The number of hydrogen-bond donors (Lipinski definition) is 0. The standard InChI is InChI=1S/C20H18ClF2N3O2/c1-25(2)16-9-15(18-11(10-27)4-3-5-17(18)28-20(22)23)26-14-8-12(21)6-7-13(14)24-19(16)26/h3-8,10,15-16,20H,9H2,1-2H3/t15-,16?/m1/s1. The molecule has 4 rings (SSSR count). The first kappa shape index (κ1) is 18.8. The van der Waals surface area contributed by atoms with E-state index in [1.165, 1.54) is 12.1 Å². The summed E-state index contributed by atoms with van der Waals surface area (Å²) in [6.45, 7) is -2.99. The number of carbonyl (C=O) groups is 1. The maximum atomic E-state index is 13.0. The second-order valence-corrected chi connectivity index (χ2v) is 7.40. The van der Waals surface area contributed by atoms with Crippen molar-refractivity contribution >= 4 is 28.9 Å². The third-order valence-corrected chi connectivity index (χ3v) is 5.37. The van der Waals surface area contributed by atoms with E-state index in [1.54, 1.807) is 18.2 Å². The number of halogens is 3. The maximum Gasteiger partial charge on any atom is 0.387 e. The average molecular weight is 406 g/mol. The molecule has 0 saturated carbocycles. The molecule has 146 valence electrons. The van der Waals surface area contributed by atoms with Crippen LogP contribution in [0, 0.1) is 0 Å². The summed E-state index contributed by atoms with van der Waals surface area (Å²) >= 11 is 6.20. The number of imidazole rings is 1. The quantitative estimate of drug-likeness (QED) is 0.577. The lowest BCUT2D eigenvalue weighted by Crippen LogP contribution is -2.18. The summed E-state index contributed by atoms with van der Waals surface area (Å²) in [6.07, 6.45) is 1.24. The normalized spacial score (nSPS) is 18.8. The number of alkyl halides is 2. The first-order valence-corrected chi connectivity index (χ1v) is 9.15. The Morgan fingerprint density at radius 1 is 1.32 bits per heavy atom. The van der Waals surface area contributed by atoms with Crippen LogP contribution < -0.4 is 4.74 Å². The summed E-state index contributed by atoms with van der Waals surface area (Å²) < 4.78 is 32.8. The molecular formula is C20H18ClF2N3O2. The smallest absolute Gasteiger partial charge is 0.387 e. The molecule has 2 atom stereocenters. The number of ether oxygens (including phenoxy) is 1. The molecule has 2 aromatic carbocycles. The van der Waals surface area contributed by atoms with E-state index in [2.05, 4.69) is 0 Å². The summed E-state index contributed by atoms with van der Waals surface area (Å²) in [6, 6.07) is 9.56. The van der Waals surface area contributed by atoms with Gasteiger partial charge in [0.1, 0.15) is 11.6 Å². The summed E-state index contributed by atoms with van der Waals surface area (Å²) in [5.41, 5.74) is 2.30. The van der Waals surface area contributed by atoms with Gasteiger partial charge < -0.3 is 9.30 Å². The Morgan fingerprint density at radius 3 is 2.79 bits per heavy atom. The van der Waals surface area contributed by atoms with E-state index < -0.39 is 6.61 Å². The highest BCUT2D eigenvalue weighted by Gasteiger charge is 2.38. The summed E-state index contributed by atoms with van der Waals surface area (Å²) in [5, 5.41) is 0.551. The molecule has 0 spiro atoms. The monoisotopic (exact) mass is 405 g/mol. The van der Waals surface area contributed by atoms with Crippen LogP contribution in [-0.4, -0.2) is 41.4 Å². The van der Waals surface area contributed by atoms with Crippen molar-refractivity contribution < 1.29 is 18.3 Å². The van der Waals surface area contributed by atoms with Crippen molar-refractivity contribution in [1.29, 1.82) is 0 Å². The van der Waals surface area contributed by atoms with E-state index >= 15 is 0 Å². The third-order valence-electron chi connectivity index (χ3n) is 5.13. The van der Waals surface area contributed by atoms with Crippen LogP contribution in [0.4, 0.5) is 8.78 Å². The molecule has 1 unspecified atom stereocenters. The first-order chi connectivity index (χ1) is 13.4. The Bertz CT molecular complexity index is 1050. The van der Waals surface area contributed by atoms with Crippen LogP contribution in [0.25, 0.3) is 11.0 Å². The number of fused-ring (bicyclic) bond motifs is 3. The van der Waals surface area contributed by atoms with Crippen LogP contribution >= 0.6 is 11.6 Å². The lowest BCUT2D eigenvalue weighted by Gasteiger charge is -2.22. The molecular weight excluding hydrogens is 388 g/mol. The molecule has 0 amide bonds. The van der Waals surface area contributed by atoms with Crippen LogP contribution in [0.15, 0.2) is 36.4 Å². The maximum absolute atomic E-state index is 13.0. The summed E-state index contributed by atoms with van der Waals surface area (Å²) in [4.78, 5) is 18.5. The van der Waals surface area contributed by atoms with E-state index in [9.17, 15) is 13.6 Å². The number of aromatic nitrogens is 2. The number of nitrogens with zero attached hydrogens (tertiary/aromatic N) is 3. The third kappa shape index (κ3) is 3.04. The van der Waals surface area contributed by atoms with Crippen molar-refractivity contribution in [3.63, 3.8) is 0 Å². The molecule has 1 aliphatic rings. The van der Waals surface area contributed by atoms with Gasteiger partial charge in [0.2, 0.25) is 0 Å². The predicted octanol–water partition coefficient (Wildman–Crippen LogP) is 4.70. The van der Waals surface area contributed by atoms with Crippen molar-refractivity contribution in [1.82, 2.24) is 14.5 Å². The lowest BCUT2D eigenvalue weighted by atomic mass is 9.96. The highest BCUT2D eigenvalue weighted by molar-refractivity contribution is 6.31. The minimum atomic E-state index is -2.99. The molecule has 0 fully saturated rings. The predicted molar refractivity (Wildman–Crippen MR) is 102 cm³/mol. The molecule has 2 heterocycles. The second-order valence-electron chi connectivity index (χ2n) is 6.96. The fourth-order valence-electron chi connectivity index (χ4n) is 3.98. The second kappa shape index (κ2) is 7.14. The molecule has 8 heteroatoms. The zero-order chi connectivity index (χ0) is 20.0. The Balaban J connectivity index is 1.97. The van der Waals surface area contributed by atoms with Gasteiger partial charge in [0.05, 0.1) is 23.1 Å². The summed E-state index contributed by atoms with van der Waals surface area (Å²) in [7, 11) is 3.87. The number of carbonyl (C=O) groups excluding carboxylic acids is 1. The topological polar surface area (TPSA) is 47.4 Å². The molecule has 28 heavy (non-hydrogen) atoms. The molecule has 0 radical (unpaired) electrons. The van der Waals surface area contributed by atoms with Crippen molar-refractivity contribution in [2.45, 2.75) is 25.1 Å². The number of aldehydes is 1. The minimum absolute atomic E-state index is 0.00108. The van der Waals surface area contributed by atoms with E-state index in [1.807, 2.05) is 29.6 Å². The minimum Gasteiger partial charge on any atom is -0.434 e. The largest absolute Gasteiger partial charge is 0.434 e. The molecule has 0 aliphatic carbocycles. The van der Waals surface area contributed by atoms with Crippen molar-refractivity contribution in [2.24, 2.45) is 0 Å². The number of rotatable bonds is 5. The van der Waals surface area contributed by atoms with E-state index in [0.717, 1.165) is 16.9 Å². The zero-order valence-electron chi connectivity index (χ0n) is 15.3. The van der Waals surface area contributed by atoms with Crippen molar-refractivity contribution in [3.05, 3.63) is 58.4 Å². The Kier molecular flexibility index (Phi) is 4.81. The van der Waals surface area contributed by atoms with Gasteiger partial charge in [-0.2, -0.15) is 8.78 Å². The van der Waals surface area contributed by atoms with Crippen LogP contribution in [0.3, 0.4) is 0 Å². The van der Waals surface area contributed by atoms with Crippen LogP contribution in [0.1, 0.15) is 40.3 Å². The van der Waals surface area contributed by atoms with Gasteiger partial charge in [0.15, 0.2) is 6.29 Å². The molecule has 3 aromatic rings. The Labute approximate surface area is 165 Å². The van der Waals surface area contributed by atoms with Gasteiger partial charge in [0, 0.05) is 16.1 Å².